The van der Waals surface area contributed by atoms with Crippen LogP contribution in [0.2, 0.25) is 0 Å². The number of aromatic nitrogens is 2. The Hall–Kier alpha value is -3.74. The van der Waals surface area contributed by atoms with Crippen LogP contribution in [0.25, 0.3) is 22.8 Å². The summed E-state index contributed by atoms with van der Waals surface area (Å²) in [7, 11) is 0. The molecule has 134 valence electrons. The summed E-state index contributed by atoms with van der Waals surface area (Å²) in [6.07, 6.45) is 1.56. The lowest BCUT2D eigenvalue weighted by atomic mass is 10.1. The van der Waals surface area contributed by atoms with Gasteiger partial charge in [-0.25, -0.2) is 4.39 Å². The van der Waals surface area contributed by atoms with Crippen LogP contribution in [-0.2, 0) is 6.54 Å². The number of benzene rings is 2. The summed E-state index contributed by atoms with van der Waals surface area (Å²) < 4.78 is 23.5. The zero-order chi connectivity index (χ0) is 18.6. The largest absolute Gasteiger partial charge is 0.467 e. The smallest absolute Gasteiger partial charge is 0.258 e. The van der Waals surface area contributed by atoms with Gasteiger partial charge in [-0.1, -0.05) is 5.16 Å². The molecule has 1 N–H and O–H groups in total. The minimum absolute atomic E-state index is 0.213. The molecule has 0 radical (unpaired) electrons. The maximum absolute atomic E-state index is 13.0. The topological polar surface area (TPSA) is 81.2 Å². The first-order valence-corrected chi connectivity index (χ1v) is 8.20. The van der Waals surface area contributed by atoms with Crippen molar-refractivity contribution in [3.63, 3.8) is 0 Å². The van der Waals surface area contributed by atoms with Crippen LogP contribution in [0.15, 0.2) is 75.9 Å². The van der Waals surface area contributed by atoms with E-state index in [1.54, 1.807) is 54.8 Å². The first-order valence-electron chi connectivity index (χ1n) is 8.20. The molecule has 0 fully saturated rings. The third-order valence-electron chi connectivity index (χ3n) is 3.93. The second kappa shape index (κ2) is 7.25. The second-order valence-electron chi connectivity index (χ2n) is 5.77. The van der Waals surface area contributed by atoms with Gasteiger partial charge in [0.25, 0.3) is 11.8 Å². The van der Waals surface area contributed by atoms with Crippen molar-refractivity contribution in [1.82, 2.24) is 15.5 Å². The summed E-state index contributed by atoms with van der Waals surface area (Å²) in [4.78, 5) is 16.5. The molecule has 27 heavy (non-hydrogen) atoms. The van der Waals surface area contributed by atoms with E-state index in [1.807, 2.05) is 0 Å². The van der Waals surface area contributed by atoms with E-state index in [0.717, 1.165) is 0 Å². The van der Waals surface area contributed by atoms with E-state index in [0.29, 0.717) is 40.7 Å². The predicted octanol–water partition coefficient (Wildman–Crippen LogP) is 4.07. The van der Waals surface area contributed by atoms with Crippen LogP contribution < -0.4 is 5.32 Å². The molecule has 1 amide bonds. The van der Waals surface area contributed by atoms with Crippen molar-refractivity contribution in [2.45, 2.75) is 6.54 Å². The molecule has 0 saturated heterocycles. The van der Waals surface area contributed by atoms with Gasteiger partial charge in [-0.15, -0.1) is 0 Å². The van der Waals surface area contributed by atoms with Gasteiger partial charge in [0.2, 0.25) is 5.82 Å². The quantitative estimate of drug-likeness (QED) is 0.578. The fraction of sp³-hybridized carbons (Fsp3) is 0.0500. The van der Waals surface area contributed by atoms with E-state index in [-0.39, 0.29) is 11.7 Å². The molecule has 2 aromatic carbocycles. The molecule has 0 unspecified atom stereocenters. The number of halogens is 1. The van der Waals surface area contributed by atoms with E-state index < -0.39 is 0 Å². The van der Waals surface area contributed by atoms with Gasteiger partial charge in [-0.2, -0.15) is 4.98 Å². The summed E-state index contributed by atoms with van der Waals surface area (Å²) in [5.41, 5.74) is 1.84. The van der Waals surface area contributed by atoms with E-state index in [4.69, 9.17) is 8.94 Å². The number of carbonyl (C=O) groups is 1. The first kappa shape index (κ1) is 16.7. The van der Waals surface area contributed by atoms with Gasteiger partial charge in [-0.3, -0.25) is 4.79 Å². The molecule has 0 spiro atoms. The molecule has 7 heteroatoms. The Morgan fingerprint density at radius 3 is 2.44 bits per heavy atom. The van der Waals surface area contributed by atoms with Gasteiger partial charge < -0.3 is 14.3 Å². The number of nitrogens with zero attached hydrogens (tertiary/aromatic N) is 2. The monoisotopic (exact) mass is 363 g/mol. The summed E-state index contributed by atoms with van der Waals surface area (Å²) in [6.45, 7) is 0.318. The zero-order valence-corrected chi connectivity index (χ0v) is 14.1. The Kier molecular flexibility index (Phi) is 4.49. The van der Waals surface area contributed by atoms with E-state index in [2.05, 4.69) is 15.5 Å². The average molecular weight is 363 g/mol. The lowest BCUT2D eigenvalue weighted by Crippen LogP contribution is -2.22. The fourth-order valence-corrected chi connectivity index (χ4v) is 2.50. The molecule has 0 bridgehead atoms. The highest BCUT2D eigenvalue weighted by atomic mass is 19.1. The van der Waals surface area contributed by atoms with Crippen molar-refractivity contribution in [2.75, 3.05) is 0 Å². The molecular weight excluding hydrogens is 349 g/mol. The van der Waals surface area contributed by atoms with Gasteiger partial charge in [0.15, 0.2) is 0 Å². The van der Waals surface area contributed by atoms with Crippen LogP contribution in [0.5, 0.6) is 0 Å². The number of rotatable bonds is 5. The molecule has 4 rings (SSSR count). The summed E-state index contributed by atoms with van der Waals surface area (Å²) in [6, 6.07) is 16.2. The van der Waals surface area contributed by atoms with Gasteiger partial charge in [0.1, 0.15) is 11.6 Å². The predicted molar refractivity (Wildman–Crippen MR) is 95.0 cm³/mol. The van der Waals surface area contributed by atoms with Crippen LogP contribution in [0.3, 0.4) is 0 Å². The minimum atomic E-state index is -0.330. The van der Waals surface area contributed by atoms with E-state index in [1.165, 1.54) is 12.1 Å². The standard InChI is InChI=1S/C20H14FN3O3/c21-16-9-7-13(8-10-16)18-23-20(27-24-18)15-5-3-14(4-6-15)19(25)22-12-17-2-1-11-26-17/h1-11H,12H2,(H,22,25). The van der Waals surface area contributed by atoms with Gasteiger partial charge >= 0.3 is 0 Å². The Labute approximate surface area is 153 Å². The van der Waals surface area contributed by atoms with Crippen molar-refractivity contribution in [2.24, 2.45) is 0 Å². The molecule has 0 aliphatic rings. The lowest BCUT2D eigenvalue weighted by molar-refractivity contribution is 0.0948. The van der Waals surface area contributed by atoms with Crippen LogP contribution in [-0.4, -0.2) is 16.0 Å². The molecule has 0 aliphatic carbocycles. The number of hydrogen-bond donors (Lipinski definition) is 1. The summed E-state index contributed by atoms with van der Waals surface area (Å²) in [5, 5.41) is 6.69. The fourth-order valence-electron chi connectivity index (χ4n) is 2.50. The molecule has 2 heterocycles. The minimum Gasteiger partial charge on any atom is -0.467 e. The highest BCUT2D eigenvalue weighted by Crippen LogP contribution is 2.22. The average Bonchev–Trinajstić information content (AvgIpc) is 3.39. The summed E-state index contributed by atoms with van der Waals surface area (Å²) >= 11 is 0. The molecule has 6 nitrogen and oxygen atoms in total. The van der Waals surface area contributed by atoms with Gasteiger partial charge in [0, 0.05) is 16.7 Å². The molecule has 2 aromatic heterocycles. The Morgan fingerprint density at radius 1 is 1.00 bits per heavy atom. The molecule has 0 aliphatic heterocycles. The highest BCUT2D eigenvalue weighted by Gasteiger charge is 2.12. The van der Waals surface area contributed by atoms with Crippen molar-refractivity contribution in [1.29, 1.82) is 0 Å². The van der Waals surface area contributed by atoms with Crippen LogP contribution in [0.1, 0.15) is 16.1 Å². The van der Waals surface area contributed by atoms with E-state index in [9.17, 15) is 9.18 Å². The highest BCUT2D eigenvalue weighted by molar-refractivity contribution is 5.94. The van der Waals surface area contributed by atoms with Crippen LogP contribution in [0, 0.1) is 5.82 Å². The molecule has 0 saturated carbocycles. The maximum Gasteiger partial charge on any atom is 0.258 e. The Balaban J connectivity index is 1.46. The molecule has 0 atom stereocenters. The van der Waals surface area contributed by atoms with Gasteiger partial charge in [-0.05, 0) is 60.7 Å². The Morgan fingerprint density at radius 2 is 1.74 bits per heavy atom. The summed E-state index contributed by atoms with van der Waals surface area (Å²) in [5.74, 6) is 0.820. The van der Waals surface area contributed by atoms with E-state index >= 15 is 0 Å². The van der Waals surface area contributed by atoms with Crippen LogP contribution in [0.4, 0.5) is 4.39 Å². The van der Waals surface area contributed by atoms with Crippen molar-refractivity contribution < 1.29 is 18.1 Å². The number of hydrogen-bond acceptors (Lipinski definition) is 5. The number of nitrogens with one attached hydrogen (secondary N) is 1. The zero-order valence-electron chi connectivity index (χ0n) is 14.1. The SMILES string of the molecule is O=C(NCc1ccco1)c1ccc(-c2nc(-c3ccc(F)cc3)no2)cc1. The number of furan rings is 1. The molecule has 4 aromatic rings. The third kappa shape index (κ3) is 3.77. The van der Waals surface area contributed by atoms with Crippen molar-refractivity contribution in [3.8, 4) is 22.8 Å². The maximum atomic E-state index is 13.0. The first-order chi connectivity index (χ1) is 13.2. The second-order valence-corrected chi connectivity index (χ2v) is 5.77. The Bertz CT molecular complexity index is 1040. The molecular formula is C20H14FN3O3. The number of amides is 1. The number of carbonyl (C=O) groups excluding carboxylic acids is 1. The van der Waals surface area contributed by atoms with Crippen molar-refractivity contribution in [3.05, 3.63) is 84.1 Å². The van der Waals surface area contributed by atoms with Crippen LogP contribution >= 0.6 is 0 Å². The lowest BCUT2D eigenvalue weighted by Gasteiger charge is -2.03. The van der Waals surface area contributed by atoms with Gasteiger partial charge in [0.05, 0.1) is 12.8 Å². The third-order valence-corrected chi connectivity index (χ3v) is 3.93. The normalized spacial score (nSPS) is 10.7. The van der Waals surface area contributed by atoms with Crippen molar-refractivity contribution >= 4 is 5.91 Å².